The van der Waals surface area contributed by atoms with Crippen LogP contribution in [0.1, 0.15) is 28.8 Å². The molecule has 1 amide bonds. The summed E-state index contributed by atoms with van der Waals surface area (Å²) in [4.78, 5) is 14.3. The lowest BCUT2D eigenvalue weighted by molar-refractivity contribution is 0.0934. The molecule has 1 atom stereocenters. The Hall–Kier alpha value is -1.55. The average molecular weight is 262 g/mol. The number of piperidine rings is 1. The van der Waals surface area contributed by atoms with Gasteiger partial charge < -0.3 is 15.3 Å². The average Bonchev–Trinajstić information content (AvgIpc) is 2.36. The molecule has 0 aliphatic carbocycles. The number of hydrogen-bond acceptors (Lipinski definition) is 3. The lowest BCUT2D eigenvalue weighted by Gasteiger charge is -2.29. The lowest BCUT2D eigenvalue weighted by Crippen LogP contribution is -2.39. The van der Waals surface area contributed by atoms with Crippen LogP contribution in [0, 0.1) is 12.8 Å². The van der Waals surface area contributed by atoms with Gasteiger partial charge in [-0.3, -0.25) is 4.79 Å². The second-order valence-electron chi connectivity index (χ2n) is 5.50. The van der Waals surface area contributed by atoms with E-state index in [9.17, 15) is 9.90 Å². The maximum atomic E-state index is 12.0. The van der Waals surface area contributed by atoms with Crippen molar-refractivity contribution in [2.75, 3.05) is 26.7 Å². The van der Waals surface area contributed by atoms with E-state index in [2.05, 4.69) is 17.3 Å². The molecular formula is C15H22N2O2. The maximum absolute atomic E-state index is 12.0. The number of amides is 1. The third-order valence-electron chi connectivity index (χ3n) is 3.67. The molecule has 1 saturated heterocycles. The molecule has 0 radical (unpaired) electrons. The number of phenolic OH excluding ortho intramolecular Hbond substituents is 1. The summed E-state index contributed by atoms with van der Waals surface area (Å²) in [6, 6.07) is 5.12. The molecule has 4 heteroatoms. The van der Waals surface area contributed by atoms with Gasteiger partial charge in [-0.1, -0.05) is 6.07 Å². The molecule has 1 aliphatic heterocycles. The van der Waals surface area contributed by atoms with Gasteiger partial charge in [-0.15, -0.1) is 0 Å². The van der Waals surface area contributed by atoms with E-state index in [1.807, 2.05) is 13.0 Å². The van der Waals surface area contributed by atoms with E-state index in [-0.39, 0.29) is 11.7 Å². The van der Waals surface area contributed by atoms with Crippen LogP contribution in [0.5, 0.6) is 5.75 Å². The Morgan fingerprint density at radius 2 is 2.32 bits per heavy atom. The van der Waals surface area contributed by atoms with Gasteiger partial charge in [0.1, 0.15) is 5.75 Å². The largest absolute Gasteiger partial charge is 0.507 e. The summed E-state index contributed by atoms with van der Waals surface area (Å²) >= 11 is 0. The number of aromatic hydroxyl groups is 1. The zero-order valence-electron chi connectivity index (χ0n) is 11.6. The molecule has 0 bridgehead atoms. The van der Waals surface area contributed by atoms with Crippen LogP contribution in [0.2, 0.25) is 0 Å². The van der Waals surface area contributed by atoms with E-state index < -0.39 is 0 Å². The van der Waals surface area contributed by atoms with Gasteiger partial charge in [0.2, 0.25) is 0 Å². The number of benzene rings is 1. The number of hydrogen-bond donors (Lipinski definition) is 2. The molecular weight excluding hydrogens is 240 g/mol. The second kappa shape index (κ2) is 6.06. The second-order valence-corrected chi connectivity index (χ2v) is 5.50. The minimum atomic E-state index is -0.189. The van der Waals surface area contributed by atoms with Gasteiger partial charge in [0.25, 0.3) is 5.91 Å². The van der Waals surface area contributed by atoms with E-state index >= 15 is 0 Å². The number of likely N-dealkylation sites (tertiary alicyclic amines) is 1. The number of aryl methyl sites for hydroxylation is 1. The summed E-state index contributed by atoms with van der Waals surface area (Å²) in [7, 11) is 2.11. The molecule has 1 unspecified atom stereocenters. The van der Waals surface area contributed by atoms with E-state index in [4.69, 9.17) is 0 Å². The van der Waals surface area contributed by atoms with Gasteiger partial charge >= 0.3 is 0 Å². The first-order chi connectivity index (χ1) is 9.06. The normalized spacial score (nSPS) is 20.2. The lowest BCUT2D eigenvalue weighted by atomic mass is 9.98. The fourth-order valence-corrected chi connectivity index (χ4v) is 2.61. The third kappa shape index (κ3) is 3.70. The van der Waals surface area contributed by atoms with Crippen molar-refractivity contribution in [3.8, 4) is 5.75 Å². The number of nitrogens with zero attached hydrogens (tertiary/aromatic N) is 1. The van der Waals surface area contributed by atoms with Gasteiger partial charge in [0, 0.05) is 13.1 Å². The zero-order chi connectivity index (χ0) is 13.8. The van der Waals surface area contributed by atoms with Gasteiger partial charge in [0.05, 0.1) is 5.56 Å². The summed E-state index contributed by atoms with van der Waals surface area (Å²) in [6.07, 6.45) is 2.34. The summed E-state index contributed by atoms with van der Waals surface area (Å²) in [5.41, 5.74) is 1.30. The Labute approximate surface area is 114 Å². The molecule has 0 aromatic heterocycles. The Kier molecular flexibility index (Phi) is 4.43. The summed E-state index contributed by atoms with van der Waals surface area (Å²) < 4.78 is 0. The van der Waals surface area contributed by atoms with E-state index in [1.54, 1.807) is 12.1 Å². The predicted octanol–water partition coefficient (Wildman–Crippen LogP) is 1.77. The fourth-order valence-electron chi connectivity index (χ4n) is 2.61. The minimum Gasteiger partial charge on any atom is -0.507 e. The van der Waals surface area contributed by atoms with Crippen LogP contribution in [0.25, 0.3) is 0 Å². The van der Waals surface area contributed by atoms with Crippen LogP contribution < -0.4 is 5.32 Å². The van der Waals surface area contributed by atoms with Crippen LogP contribution in [0.3, 0.4) is 0 Å². The van der Waals surface area contributed by atoms with E-state index in [0.29, 0.717) is 18.0 Å². The molecule has 19 heavy (non-hydrogen) atoms. The molecule has 0 spiro atoms. The highest BCUT2D eigenvalue weighted by Gasteiger charge is 2.18. The minimum absolute atomic E-state index is 0.0539. The maximum Gasteiger partial charge on any atom is 0.255 e. The van der Waals surface area contributed by atoms with Gasteiger partial charge in [-0.2, -0.15) is 0 Å². The Morgan fingerprint density at radius 3 is 3.00 bits per heavy atom. The Morgan fingerprint density at radius 1 is 1.53 bits per heavy atom. The molecule has 1 aliphatic rings. The van der Waals surface area contributed by atoms with Crippen LogP contribution >= 0.6 is 0 Å². The molecule has 104 valence electrons. The summed E-state index contributed by atoms with van der Waals surface area (Å²) in [6.45, 7) is 4.74. The zero-order valence-corrected chi connectivity index (χ0v) is 11.6. The Bertz CT molecular complexity index is 459. The smallest absolute Gasteiger partial charge is 0.255 e. The quantitative estimate of drug-likeness (QED) is 0.873. The number of phenols is 1. The third-order valence-corrected chi connectivity index (χ3v) is 3.67. The molecule has 2 rings (SSSR count). The first-order valence-electron chi connectivity index (χ1n) is 6.82. The van der Waals surface area contributed by atoms with Crippen molar-refractivity contribution in [3.05, 3.63) is 29.3 Å². The molecule has 2 N–H and O–H groups in total. The highest BCUT2D eigenvalue weighted by Crippen LogP contribution is 2.19. The van der Waals surface area contributed by atoms with Crippen molar-refractivity contribution in [1.82, 2.24) is 10.2 Å². The first kappa shape index (κ1) is 13.9. The predicted molar refractivity (Wildman–Crippen MR) is 75.4 cm³/mol. The van der Waals surface area contributed by atoms with Crippen molar-refractivity contribution in [1.29, 1.82) is 0 Å². The monoisotopic (exact) mass is 262 g/mol. The van der Waals surface area contributed by atoms with Gasteiger partial charge in [0.15, 0.2) is 0 Å². The Balaban J connectivity index is 1.90. The molecule has 1 heterocycles. The van der Waals surface area contributed by atoms with E-state index in [1.165, 1.54) is 6.42 Å². The van der Waals surface area contributed by atoms with Crippen molar-refractivity contribution in [2.45, 2.75) is 19.8 Å². The SMILES string of the molecule is Cc1ccc(C(=O)NCC2CCCN(C)C2)c(O)c1. The number of rotatable bonds is 3. The van der Waals surface area contributed by atoms with Gasteiger partial charge in [-0.05, 0) is 57.0 Å². The van der Waals surface area contributed by atoms with Crippen molar-refractivity contribution in [2.24, 2.45) is 5.92 Å². The number of carbonyl (C=O) groups is 1. The standard InChI is InChI=1S/C15H22N2O2/c1-11-5-6-13(14(18)8-11)15(19)16-9-12-4-3-7-17(2)10-12/h5-6,8,12,18H,3-4,7,9-10H2,1-2H3,(H,16,19). The fraction of sp³-hybridized carbons (Fsp3) is 0.533. The van der Waals surface area contributed by atoms with E-state index in [0.717, 1.165) is 25.1 Å². The highest BCUT2D eigenvalue weighted by atomic mass is 16.3. The molecule has 0 saturated carbocycles. The van der Waals surface area contributed by atoms with Crippen LogP contribution in [-0.4, -0.2) is 42.6 Å². The van der Waals surface area contributed by atoms with Crippen LogP contribution in [-0.2, 0) is 0 Å². The highest BCUT2D eigenvalue weighted by molar-refractivity contribution is 5.96. The van der Waals surface area contributed by atoms with Crippen molar-refractivity contribution < 1.29 is 9.90 Å². The summed E-state index contributed by atoms with van der Waals surface area (Å²) in [5, 5.41) is 12.7. The van der Waals surface area contributed by atoms with Gasteiger partial charge in [-0.25, -0.2) is 0 Å². The number of nitrogens with one attached hydrogen (secondary N) is 1. The summed E-state index contributed by atoms with van der Waals surface area (Å²) in [5.74, 6) is 0.374. The first-order valence-corrected chi connectivity index (χ1v) is 6.82. The van der Waals surface area contributed by atoms with Crippen LogP contribution in [0.15, 0.2) is 18.2 Å². The molecule has 1 aromatic carbocycles. The molecule has 1 fully saturated rings. The van der Waals surface area contributed by atoms with Crippen molar-refractivity contribution >= 4 is 5.91 Å². The molecule has 4 nitrogen and oxygen atoms in total. The topological polar surface area (TPSA) is 52.6 Å². The number of carbonyl (C=O) groups excluding carboxylic acids is 1. The molecule has 1 aromatic rings. The van der Waals surface area contributed by atoms with Crippen molar-refractivity contribution in [3.63, 3.8) is 0 Å². The van der Waals surface area contributed by atoms with Crippen LogP contribution in [0.4, 0.5) is 0 Å².